The first-order chi connectivity index (χ1) is 11.5. The van der Waals surface area contributed by atoms with Crippen molar-refractivity contribution < 1.29 is 13.6 Å². The maximum atomic E-state index is 14.8. The molecular weight excluding hydrogens is 314 g/mol. The Hall–Kier alpha value is -1.92. The van der Waals surface area contributed by atoms with Crippen molar-refractivity contribution in [2.45, 2.75) is 37.6 Å². The molecular formula is C17H22F2N4O. The van der Waals surface area contributed by atoms with E-state index in [4.69, 9.17) is 0 Å². The van der Waals surface area contributed by atoms with Gasteiger partial charge >= 0.3 is 6.03 Å². The topological polar surface area (TPSA) is 48.5 Å². The number of halogens is 2. The number of piperidine rings is 1. The number of pyridine rings is 1. The third-order valence-corrected chi connectivity index (χ3v) is 5.48. The number of hydrogen-bond donors (Lipinski definition) is 1. The molecule has 5 nitrogen and oxygen atoms in total. The molecule has 1 aliphatic carbocycles. The Morgan fingerprint density at radius 2 is 2.04 bits per heavy atom. The van der Waals surface area contributed by atoms with Crippen LogP contribution < -0.4 is 10.2 Å². The average molecular weight is 336 g/mol. The van der Waals surface area contributed by atoms with E-state index in [2.05, 4.69) is 10.3 Å². The van der Waals surface area contributed by atoms with Gasteiger partial charge in [-0.1, -0.05) is 6.07 Å². The number of hydrogen-bond acceptors (Lipinski definition) is 3. The SMILES string of the molecule is O=C(NC1CC1)N1CCC(F)(F)[C@@]2(CCN(c3ccccn3)C2)C1. The minimum atomic E-state index is -2.76. The number of likely N-dealkylation sites (tertiary alicyclic amines) is 1. The smallest absolute Gasteiger partial charge is 0.317 e. The second kappa shape index (κ2) is 5.57. The summed E-state index contributed by atoms with van der Waals surface area (Å²) in [5, 5.41) is 2.92. The fourth-order valence-electron chi connectivity index (χ4n) is 3.80. The molecule has 24 heavy (non-hydrogen) atoms. The van der Waals surface area contributed by atoms with Crippen LogP contribution in [0.15, 0.2) is 24.4 Å². The van der Waals surface area contributed by atoms with Gasteiger partial charge in [0.25, 0.3) is 5.92 Å². The number of nitrogens with zero attached hydrogens (tertiary/aromatic N) is 3. The minimum absolute atomic E-state index is 0.113. The highest BCUT2D eigenvalue weighted by atomic mass is 19.3. The molecule has 3 fully saturated rings. The van der Waals surface area contributed by atoms with Crippen LogP contribution in [0.3, 0.4) is 0 Å². The maximum Gasteiger partial charge on any atom is 0.317 e. The maximum absolute atomic E-state index is 14.8. The highest BCUT2D eigenvalue weighted by molar-refractivity contribution is 5.75. The van der Waals surface area contributed by atoms with Gasteiger partial charge in [-0.15, -0.1) is 0 Å². The Labute approximate surface area is 140 Å². The number of anilines is 1. The highest BCUT2D eigenvalue weighted by Crippen LogP contribution is 2.50. The summed E-state index contributed by atoms with van der Waals surface area (Å²) in [4.78, 5) is 20.1. The zero-order chi connectivity index (χ0) is 16.8. The molecule has 0 unspecified atom stereocenters. The Bertz CT molecular complexity index is 622. The second-order valence-electron chi connectivity index (χ2n) is 7.24. The predicted molar refractivity (Wildman–Crippen MR) is 86.2 cm³/mol. The number of urea groups is 1. The van der Waals surface area contributed by atoms with Crippen molar-refractivity contribution >= 4 is 11.8 Å². The summed E-state index contributed by atoms with van der Waals surface area (Å²) in [5.74, 6) is -2.03. The lowest BCUT2D eigenvalue weighted by atomic mass is 9.75. The first-order valence-electron chi connectivity index (χ1n) is 8.58. The van der Waals surface area contributed by atoms with Crippen molar-refractivity contribution in [2.75, 3.05) is 31.1 Å². The lowest BCUT2D eigenvalue weighted by molar-refractivity contribution is -0.149. The fraction of sp³-hybridized carbons (Fsp3) is 0.647. The van der Waals surface area contributed by atoms with Crippen molar-refractivity contribution in [3.63, 3.8) is 0 Å². The van der Waals surface area contributed by atoms with E-state index in [1.54, 1.807) is 11.1 Å². The van der Waals surface area contributed by atoms with Gasteiger partial charge in [0.05, 0.1) is 5.41 Å². The van der Waals surface area contributed by atoms with Crippen LogP contribution in [0.1, 0.15) is 25.7 Å². The molecule has 1 N–H and O–H groups in total. The quantitative estimate of drug-likeness (QED) is 0.903. The molecule has 4 rings (SSSR count). The Morgan fingerprint density at radius 1 is 1.21 bits per heavy atom. The summed E-state index contributed by atoms with van der Waals surface area (Å²) >= 11 is 0. The first kappa shape index (κ1) is 15.6. The molecule has 3 heterocycles. The van der Waals surface area contributed by atoms with Gasteiger partial charge in [0.1, 0.15) is 5.82 Å². The second-order valence-corrected chi connectivity index (χ2v) is 7.24. The van der Waals surface area contributed by atoms with Crippen molar-refractivity contribution in [2.24, 2.45) is 5.41 Å². The molecule has 0 bridgehead atoms. The molecule has 1 aromatic rings. The van der Waals surface area contributed by atoms with Crippen LogP contribution in [0.5, 0.6) is 0 Å². The van der Waals surface area contributed by atoms with E-state index in [1.165, 1.54) is 0 Å². The van der Waals surface area contributed by atoms with Crippen molar-refractivity contribution in [3.8, 4) is 0 Å². The molecule has 1 saturated carbocycles. The number of aromatic nitrogens is 1. The summed E-state index contributed by atoms with van der Waals surface area (Å²) in [5.41, 5.74) is -1.18. The fourth-order valence-corrected chi connectivity index (χ4v) is 3.80. The number of amides is 2. The average Bonchev–Trinajstić information content (AvgIpc) is 3.28. The summed E-state index contributed by atoms with van der Waals surface area (Å²) in [6.45, 7) is 1.02. The van der Waals surface area contributed by atoms with Gasteiger partial charge in [-0.2, -0.15) is 0 Å². The molecule has 2 amide bonds. The van der Waals surface area contributed by atoms with E-state index in [-0.39, 0.29) is 38.1 Å². The van der Waals surface area contributed by atoms with Crippen LogP contribution in [0, 0.1) is 5.41 Å². The van der Waals surface area contributed by atoms with Gasteiger partial charge in [-0.3, -0.25) is 0 Å². The number of alkyl halides is 2. The van der Waals surface area contributed by atoms with Crippen LogP contribution in [0.4, 0.5) is 19.4 Å². The van der Waals surface area contributed by atoms with E-state index in [0.29, 0.717) is 13.0 Å². The normalized spacial score (nSPS) is 29.1. The molecule has 1 spiro atoms. The Balaban J connectivity index is 1.51. The molecule has 0 radical (unpaired) electrons. The van der Waals surface area contributed by atoms with Gasteiger partial charge in [-0.25, -0.2) is 18.6 Å². The third-order valence-electron chi connectivity index (χ3n) is 5.48. The summed E-state index contributed by atoms with van der Waals surface area (Å²) in [6, 6.07) is 5.57. The standard InChI is InChI=1S/C17H22F2N4O/c18-17(19)7-10-23(15(24)21-13-4-5-13)12-16(17)6-9-22(11-16)14-3-1-2-8-20-14/h1-3,8,13H,4-7,9-12H2,(H,21,24)/t16-/m1/s1. The minimum Gasteiger partial charge on any atom is -0.356 e. The van der Waals surface area contributed by atoms with E-state index >= 15 is 0 Å². The number of nitrogens with one attached hydrogen (secondary N) is 1. The Morgan fingerprint density at radius 3 is 2.75 bits per heavy atom. The number of carbonyl (C=O) groups excluding carboxylic acids is 1. The predicted octanol–water partition coefficient (Wildman–Crippen LogP) is 2.49. The molecule has 7 heteroatoms. The van der Waals surface area contributed by atoms with Crippen LogP contribution in [0.2, 0.25) is 0 Å². The largest absolute Gasteiger partial charge is 0.356 e. The van der Waals surface area contributed by atoms with Crippen LogP contribution >= 0.6 is 0 Å². The molecule has 2 aliphatic heterocycles. The number of carbonyl (C=O) groups is 1. The molecule has 130 valence electrons. The molecule has 2 saturated heterocycles. The lowest BCUT2D eigenvalue weighted by Gasteiger charge is -2.45. The van der Waals surface area contributed by atoms with E-state index < -0.39 is 11.3 Å². The monoisotopic (exact) mass is 336 g/mol. The molecule has 1 aromatic heterocycles. The van der Waals surface area contributed by atoms with Gasteiger partial charge in [0, 0.05) is 44.8 Å². The molecule has 1 atom stereocenters. The first-order valence-corrected chi connectivity index (χ1v) is 8.58. The zero-order valence-electron chi connectivity index (χ0n) is 13.5. The van der Waals surface area contributed by atoms with E-state index in [0.717, 1.165) is 18.7 Å². The molecule has 0 aromatic carbocycles. The van der Waals surface area contributed by atoms with Crippen LogP contribution in [0.25, 0.3) is 0 Å². The summed E-state index contributed by atoms with van der Waals surface area (Å²) < 4.78 is 29.5. The van der Waals surface area contributed by atoms with Crippen molar-refractivity contribution in [1.29, 1.82) is 0 Å². The zero-order valence-corrected chi connectivity index (χ0v) is 13.5. The van der Waals surface area contributed by atoms with Crippen molar-refractivity contribution in [3.05, 3.63) is 24.4 Å². The van der Waals surface area contributed by atoms with Gasteiger partial charge in [0.15, 0.2) is 0 Å². The molecule has 3 aliphatic rings. The van der Waals surface area contributed by atoms with Gasteiger partial charge < -0.3 is 15.1 Å². The van der Waals surface area contributed by atoms with Gasteiger partial charge in [-0.05, 0) is 31.4 Å². The van der Waals surface area contributed by atoms with E-state index in [1.807, 2.05) is 23.1 Å². The van der Waals surface area contributed by atoms with E-state index in [9.17, 15) is 13.6 Å². The van der Waals surface area contributed by atoms with Crippen LogP contribution in [-0.4, -0.2) is 54.1 Å². The van der Waals surface area contributed by atoms with Crippen molar-refractivity contribution in [1.82, 2.24) is 15.2 Å². The third kappa shape index (κ3) is 2.70. The summed E-state index contributed by atoms with van der Waals surface area (Å²) in [7, 11) is 0. The number of rotatable bonds is 2. The summed E-state index contributed by atoms with van der Waals surface area (Å²) in [6.07, 6.45) is 3.78. The highest BCUT2D eigenvalue weighted by Gasteiger charge is 2.60. The Kier molecular flexibility index (Phi) is 3.62. The van der Waals surface area contributed by atoms with Gasteiger partial charge in [0.2, 0.25) is 0 Å². The lowest BCUT2D eigenvalue weighted by Crippen LogP contribution is -2.59. The van der Waals surface area contributed by atoms with Crippen LogP contribution in [-0.2, 0) is 0 Å².